The average molecular weight is 261 g/mol. The van der Waals surface area contributed by atoms with Gasteiger partial charge in [-0.05, 0) is 36.8 Å². The Bertz CT molecular complexity index is 599. The fourth-order valence-electron chi connectivity index (χ4n) is 1.57. The molecule has 1 aromatic carbocycles. The highest BCUT2D eigenvalue weighted by Gasteiger charge is 2.08. The average Bonchev–Trinajstić information content (AvgIpc) is 2.34. The Morgan fingerprint density at radius 1 is 1.33 bits per heavy atom. The van der Waals surface area contributed by atoms with Crippen LogP contribution >= 0.6 is 12.2 Å². The number of pyridine rings is 1. The van der Waals surface area contributed by atoms with Crippen molar-refractivity contribution >= 4 is 28.6 Å². The van der Waals surface area contributed by atoms with Gasteiger partial charge in [-0.1, -0.05) is 12.2 Å². The lowest BCUT2D eigenvalue weighted by molar-refractivity contribution is 0.628. The maximum atomic E-state index is 13.2. The number of nitrogens with zero attached hydrogens (tertiary/aromatic N) is 1. The van der Waals surface area contributed by atoms with E-state index in [4.69, 9.17) is 18.0 Å². The molecule has 0 aliphatic carbocycles. The van der Waals surface area contributed by atoms with Gasteiger partial charge in [-0.15, -0.1) is 0 Å². The quantitative estimate of drug-likeness (QED) is 0.834. The lowest BCUT2D eigenvalue weighted by Gasteiger charge is -2.12. The van der Waals surface area contributed by atoms with Crippen LogP contribution in [0.5, 0.6) is 0 Å². The number of halogens is 1. The number of rotatable bonds is 3. The third kappa shape index (κ3) is 2.62. The summed E-state index contributed by atoms with van der Waals surface area (Å²) >= 11 is 4.91. The second kappa shape index (κ2) is 5.10. The van der Waals surface area contributed by atoms with Crippen molar-refractivity contribution in [2.75, 3.05) is 5.32 Å². The minimum Gasteiger partial charge on any atom is -0.389 e. The van der Waals surface area contributed by atoms with Crippen LogP contribution in [0.15, 0.2) is 36.7 Å². The summed E-state index contributed by atoms with van der Waals surface area (Å²) in [5.74, 6) is -0.369. The number of nitrogens with two attached hydrogens (primary N) is 1. The van der Waals surface area contributed by atoms with Gasteiger partial charge in [-0.25, -0.2) is 4.39 Å². The van der Waals surface area contributed by atoms with Crippen LogP contribution in [0.1, 0.15) is 11.1 Å². The van der Waals surface area contributed by atoms with Crippen molar-refractivity contribution < 1.29 is 4.39 Å². The number of nitrogens with one attached hydrogen (secondary N) is 1. The molecule has 3 N–H and O–H groups in total. The molecular weight excluding hydrogens is 249 g/mol. The Morgan fingerprint density at radius 2 is 2.11 bits per heavy atom. The van der Waals surface area contributed by atoms with Crippen LogP contribution in [-0.2, 0) is 0 Å². The molecule has 0 spiro atoms. The number of thiocarbonyl (C=S) groups is 1. The van der Waals surface area contributed by atoms with Crippen molar-refractivity contribution in [1.82, 2.24) is 4.98 Å². The van der Waals surface area contributed by atoms with Crippen molar-refractivity contribution in [3.63, 3.8) is 0 Å². The lowest BCUT2D eigenvalue weighted by atomic mass is 10.1. The number of anilines is 2. The smallest absolute Gasteiger partial charge is 0.124 e. The topological polar surface area (TPSA) is 50.9 Å². The molecule has 2 rings (SSSR count). The van der Waals surface area contributed by atoms with Gasteiger partial charge in [0.2, 0.25) is 0 Å². The van der Waals surface area contributed by atoms with Crippen LogP contribution < -0.4 is 11.1 Å². The maximum Gasteiger partial charge on any atom is 0.124 e. The van der Waals surface area contributed by atoms with E-state index in [9.17, 15) is 4.39 Å². The standard InChI is InChI=1S/C13H12FN3S/c1-8-4-5-16-7-12(8)17-11-3-2-9(14)6-10(11)13(15)18/h2-7,17H,1H3,(H2,15,18). The first kappa shape index (κ1) is 12.4. The minimum atomic E-state index is -0.369. The van der Waals surface area contributed by atoms with Crippen molar-refractivity contribution in [3.05, 3.63) is 53.6 Å². The van der Waals surface area contributed by atoms with Gasteiger partial charge in [0.1, 0.15) is 10.8 Å². The summed E-state index contributed by atoms with van der Waals surface area (Å²) in [5, 5.41) is 3.15. The summed E-state index contributed by atoms with van der Waals surface area (Å²) in [6, 6.07) is 6.16. The van der Waals surface area contributed by atoms with Crippen molar-refractivity contribution in [3.8, 4) is 0 Å². The van der Waals surface area contributed by atoms with E-state index >= 15 is 0 Å². The van der Waals surface area contributed by atoms with Gasteiger partial charge >= 0.3 is 0 Å². The molecule has 5 heteroatoms. The molecular formula is C13H12FN3S. The first-order valence-electron chi connectivity index (χ1n) is 5.35. The van der Waals surface area contributed by atoms with Gasteiger partial charge in [0.05, 0.1) is 11.9 Å². The van der Waals surface area contributed by atoms with E-state index in [2.05, 4.69) is 10.3 Å². The SMILES string of the molecule is Cc1ccncc1Nc1ccc(F)cc1C(N)=S. The highest BCUT2D eigenvalue weighted by molar-refractivity contribution is 7.80. The Hall–Kier alpha value is -2.01. The number of hydrogen-bond acceptors (Lipinski definition) is 3. The number of aromatic nitrogens is 1. The van der Waals surface area contributed by atoms with Crippen LogP contribution in [0.4, 0.5) is 15.8 Å². The first-order valence-corrected chi connectivity index (χ1v) is 5.76. The van der Waals surface area contributed by atoms with Crippen LogP contribution in [0.2, 0.25) is 0 Å². The Labute approximate surface area is 110 Å². The van der Waals surface area contributed by atoms with Gasteiger partial charge < -0.3 is 11.1 Å². The summed E-state index contributed by atoms with van der Waals surface area (Å²) in [6.07, 6.45) is 3.40. The van der Waals surface area contributed by atoms with Crippen LogP contribution in [-0.4, -0.2) is 9.97 Å². The Balaban J connectivity index is 2.41. The highest BCUT2D eigenvalue weighted by atomic mass is 32.1. The van der Waals surface area contributed by atoms with E-state index in [1.165, 1.54) is 12.1 Å². The van der Waals surface area contributed by atoms with E-state index in [0.29, 0.717) is 11.3 Å². The summed E-state index contributed by atoms with van der Waals surface area (Å²) < 4.78 is 13.2. The van der Waals surface area contributed by atoms with Crippen molar-refractivity contribution in [2.45, 2.75) is 6.92 Å². The normalized spacial score (nSPS) is 10.1. The summed E-state index contributed by atoms with van der Waals surface area (Å²) in [7, 11) is 0. The molecule has 0 saturated heterocycles. The third-order valence-electron chi connectivity index (χ3n) is 2.56. The zero-order valence-corrected chi connectivity index (χ0v) is 10.6. The van der Waals surface area contributed by atoms with E-state index < -0.39 is 0 Å². The predicted octanol–water partition coefficient (Wildman–Crippen LogP) is 2.91. The van der Waals surface area contributed by atoms with E-state index in [0.717, 1.165) is 11.3 Å². The predicted molar refractivity (Wildman–Crippen MR) is 74.5 cm³/mol. The molecule has 0 unspecified atom stereocenters. The van der Waals surface area contributed by atoms with Crippen molar-refractivity contribution in [2.24, 2.45) is 5.73 Å². The van der Waals surface area contributed by atoms with Crippen LogP contribution in [0.25, 0.3) is 0 Å². The zero-order valence-electron chi connectivity index (χ0n) is 9.77. The maximum absolute atomic E-state index is 13.2. The lowest BCUT2D eigenvalue weighted by Crippen LogP contribution is -2.12. The second-order valence-electron chi connectivity index (χ2n) is 3.87. The molecule has 1 aromatic heterocycles. The van der Waals surface area contributed by atoms with Gasteiger partial charge in [-0.2, -0.15) is 0 Å². The number of hydrogen-bond donors (Lipinski definition) is 2. The second-order valence-corrected chi connectivity index (χ2v) is 4.31. The zero-order chi connectivity index (χ0) is 13.1. The molecule has 18 heavy (non-hydrogen) atoms. The van der Waals surface area contributed by atoms with Gasteiger partial charge in [0, 0.05) is 17.4 Å². The monoisotopic (exact) mass is 261 g/mol. The van der Waals surface area contributed by atoms with Gasteiger partial charge in [0.15, 0.2) is 0 Å². The van der Waals surface area contributed by atoms with Gasteiger partial charge in [-0.3, -0.25) is 4.98 Å². The largest absolute Gasteiger partial charge is 0.389 e. The summed E-state index contributed by atoms with van der Waals surface area (Å²) in [4.78, 5) is 4.18. The van der Waals surface area contributed by atoms with Crippen LogP contribution in [0.3, 0.4) is 0 Å². The summed E-state index contributed by atoms with van der Waals surface area (Å²) in [5.41, 5.74) is 8.60. The van der Waals surface area contributed by atoms with Crippen LogP contribution in [0, 0.1) is 12.7 Å². The van der Waals surface area contributed by atoms with E-state index in [-0.39, 0.29) is 10.8 Å². The molecule has 0 aliphatic heterocycles. The molecule has 0 saturated carbocycles. The molecule has 0 radical (unpaired) electrons. The Morgan fingerprint density at radius 3 is 2.78 bits per heavy atom. The van der Waals surface area contributed by atoms with Gasteiger partial charge in [0.25, 0.3) is 0 Å². The molecule has 0 fully saturated rings. The van der Waals surface area contributed by atoms with E-state index in [1.807, 2.05) is 13.0 Å². The number of aryl methyl sites for hydroxylation is 1. The molecule has 3 nitrogen and oxygen atoms in total. The molecule has 0 atom stereocenters. The van der Waals surface area contributed by atoms with Crippen molar-refractivity contribution in [1.29, 1.82) is 0 Å². The molecule has 0 bridgehead atoms. The summed E-state index contributed by atoms with van der Waals surface area (Å²) in [6.45, 7) is 1.95. The highest BCUT2D eigenvalue weighted by Crippen LogP contribution is 2.23. The fraction of sp³-hybridized carbons (Fsp3) is 0.0769. The molecule has 2 aromatic rings. The fourth-order valence-corrected chi connectivity index (χ4v) is 1.74. The van der Waals surface area contributed by atoms with E-state index in [1.54, 1.807) is 18.5 Å². The molecule has 0 aliphatic rings. The molecule has 92 valence electrons. The first-order chi connectivity index (χ1) is 8.58. The number of benzene rings is 1. The third-order valence-corrected chi connectivity index (χ3v) is 2.78. The minimum absolute atomic E-state index is 0.151. The Kier molecular flexibility index (Phi) is 3.53. The molecule has 0 amide bonds. The molecule has 1 heterocycles.